The molecule has 3 rings (SSSR count). The van der Waals surface area contributed by atoms with Crippen molar-refractivity contribution in [3.05, 3.63) is 106 Å². The van der Waals surface area contributed by atoms with Crippen LogP contribution in [0.5, 0.6) is 0 Å². The van der Waals surface area contributed by atoms with Crippen LogP contribution in [0.3, 0.4) is 0 Å². The highest BCUT2D eigenvalue weighted by molar-refractivity contribution is 6.30. The van der Waals surface area contributed by atoms with Crippen LogP contribution in [0.4, 0.5) is 5.69 Å². The lowest BCUT2D eigenvalue weighted by Crippen LogP contribution is -2.46. The Bertz CT molecular complexity index is 1190. The van der Waals surface area contributed by atoms with Crippen molar-refractivity contribution in [1.29, 1.82) is 0 Å². The third-order valence-electron chi connectivity index (χ3n) is 3.58. The summed E-state index contributed by atoms with van der Waals surface area (Å²) in [5.74, 6) is 0. The summed E-state index contributed by atoms with van der Waals surface area (Å²) in [5.41, 5.74) is 0.252. The second-order valence-electron chi connectivity index (χ2n) is 5.42. The first-order valence-corrected chi connectivity index (χ1v) is 7.86. The van der Waals surface area contributed by atoms with Gasteiger partial charge in [0.05, 0.1) is 4.92 Å². The minimum Gasteiger partial charge on any atom is -0.316 e. The number of H-pyrrole nitrogens is 2. The van der Waals surface area contributed by atoms with Crippen LogP contribution < -0.4 is 21.8 Å². The molecule has 1 aromatic heterocycles. The molecular formula is C18H12ClN3O4. The Hall–Kier alpha value is -3.45. The molecule has 0 bridgehead atoms. The molecule has 130 valence electrons. The van der Waals surface area contributed by atoms with E-state index in [1.165, 1.54) is 36.4 Å². The van der Waals surface area contributed by atoms with Crippen LogP contribution in [0.15, 0.2) is 58.1 Å². The van der Waals surface area contributed by atoms with E-state index in [1.807, 2.05) is 0 Å². The summed E-state index contributed by atoms with van der Waals surface area (Å²) in [6.45, 7) is 0. The molecular weight excluding hydrogens is 358 g/mol. The van der Waals surface area contributed by atoms with E-state index < -0.39 is 16.0 Å². The normalized spacial score (nSPS) is 12.3. The number of halogens is 1. The Morgan fingerprint density at radius 2 is 1.23 bits per heavy atom. The fraction of sp³-hybridized carbons (Fsp3) is 0. The van der Waals surface area contributed by atoms with E-state index in [9.17, 15) is 19.7 Å². The topological polar surface area (TPSA) is 109 Å². The zero-order valence-electron chi connectivity index (χ0n) is 13.2. The lowest BCUT2D eigenvalue weighted by Gasteiger charge is -1.95. The van der Waals surface area contributed by atoms with E-state index >= 15 is 0 Å². The predicted molar refractivity (Wildman–Crippen MR) is 98.6 cm³/mol. The quantitative estimate of drug-likeness (QED) is 0.535. The number of aromatic nitrogens is 2. The van der Waals surface area contributed by atoms with Crippen LogP contribution in [0, 0.1) is 10.1 Å². The molecule has 0 spiro atoms. The van der Waals surface area contributed by atoms with Gasteiger partial charge in [0.1, 0.15) is 10.7 Å². The van der Waals surface area contributed by atoms with Crippen molar-refractivity contribution in [2.75, 3.05) is 0 Å². The molecule has 2 N–H and O–H groups in total. The molecule has 0 radical (unpaired) electrons. The highest BCUT2D eigenvalue weighted by atomic mass is 35.5. The highest BCUT2D eigenvalue weighted by Gasteiger charge is 2.03. The van der Waals surface area contributed by atoms with Gasteiger partial charge in [-0.3, -0.25) is 19.7 Å². The zero-order chi connectivity index (χ0) is 18.7. The first-order valence-electron chi connectivity index (χ1n) is 7.48. The molecule has 1 heterocycles. The first kappa shape index (κ1) is 17.4. The second-order valence-corrected chi connectivity index (χ2v) is 5.86. The Morgan fingerprint density at radius 1 is 0.808 bits per heavy atom. The van der Waals surface area contributed by atoms with Crippen LogP contribution in [0.25, 0.3) is 12.2 Å². The summed E-state index contributed by atoms with van der Waals surface area (Å²) >= 11 is 5.81. The minimum absolute atomic E-state index is 0.0529. The van der Waals surface area contributed by atoms with Gasteiger partial charge in [-0.1, -0.05) is 23.7 Å². The molecule has 0 aliphatic carbocycles. The highest BCUT2D eigenvalue weighted by Crippen LogP contribution is 2.12. The number of nitrogens with one attached hydrogen (secondary N) is 2. The number of nitro benzene ring substituents is 1. The average molecular weight is 370 g/mol. The molecule has 26 heavy (non-hydrogen) atoms. The summed E-state index contributed by atoms with van der Waals surface area (Å²) in [5, 5.41) is 11.4. The number of hydrogen-bond donors (Lipinski definition) is 2. The molecule has 2 aromatic carbocycles. The number of nitro groups is 1. The lowest BCUT2D eigenvalue weighted by atomic mass is 10.2. The van der Waals surface area contributed by atoms with E-state index in [4.69, 9.17) is 11.6 Å². The van der Waals surface area contributed by atoms with E-state index in [0.29, 0.717) is 16.1 Å². The molecule has 0 unspecified atom stereocenters. The molecule has 0 saturated carbocycles. The van der Waals surface area contributed by atoms with Crippen molar-refractivity contribution >= 4 is 29.4 Å². The van der Waals surface area contributed by atoms with Gasteiger partial charge in [-0.15, -0.1) is 0 Å². The van der Waals surface area contributed by atoms with Gasteiger partial charge in [-0.2, -0.15) is 0 Å². The van der Waals surface area contributed by atoms with Gasteiger partial charge < -0.3 is 9.97 Å². The molecule has 0 fully saturated rings. The van der Waals surface area contributed by atoms with Gasteiger partial charge in [0, 0.05) is 17.2 Å². The molecule has 0 saturated heterocycles. The van der Waals surface area contributed by atoms with Crippen molar-refractivity contribution in [1.82, 2.24) is 9.97 Å². The Balaban J connectivity index is 2.04. The van der Waals surface area contributed by atoms with Crippen LogP contribution in [0.1, 0.15) is 11.1 Å². The van der Waals surface area contributed by atoms with Gasteiger partial charge in [0.25, 0.3) is 16.8 Å². The van der Waals surface area contributed by atoms with Gasteiger partial charge in [0.2, 0.25) is 0 Å². The maximum absolute atomic E-state index is 12.2. The average Bonchev–Trinajstić information content (AvgIpc) is 2.61. The van der Waals surface area contributed by atoms with Crippen molar-refractivity contribution in [3.63, 3.8) is 0 Å². The zero-order valence-corrected chi connectivity index (χ0v) is 14.0. The summed E-state index contributed by atoms with van der Waals surface area (Å²) in [7, 11) is 0. The van der Waals surface area contributed by atoms with Crippen molar-refractivity contribution < 1.29 is 4.92 Å². The van der Waals surface area contributed by atoms with Crippen molar-refractivity contribution in [2.24, 2.45) is 0 Å². The van der Waals surface area contributed by atoms with E-state index in [-0.39, 0.29) is 16.4 Å². The second kappa shape index (κ2) is 7.20. The molecule has 0 aliphatic rings. The minimum atomic E-state index is -0.514. The van der Waals surface area contributed by atoms with Crippen LogP contribution >= 0.6 is 11.6 Å². The third kappa shape index (κ3) is 3.96. The molecule has 0 aliphatic heterocycles. The molecule has 3 aromatic rings. The number of benzene rings is 2. The smallest absolute Gasteiger partial charge is 0.272 e. The van der Waals surface area contributed by atoms with Crippen LogP contribution in [-0.2, 0) is 0 Å². The summed E-state index contributed by atoms with van der Waals surface area (Å²) in [4.78, 5) is 39.6. The first-order chi connectivity index (χ1) is 12.4. The monoisotopic (exact) mass is 369 g/mol. The standard InChI is InChI=1S/C18H12ClN3O4/c19-13-5-1-11(2-6-13)9-15-17(23)21-16(18(24)20-15)10-12-3-7-14(8-4-12)22(25)26/h1-10H,(H,20,24)(H,21,23)/b15-9-,16-10-. The molecule has 8 heteroatoms. The molecule has 7 nitrogen and oxygen atoms in total. The number of hydrogen-bond acceptors (Lipinski definition) is 4. The van der Waals surface area contributed by atoms with Gasteiger partial charge >= 0.3 is 0 Å². The largest absolute Gasteiger partial charge is 0.316 e. The van der Waals surface area contributed by atoms with E-state index in [1.54, 1.807) is 24.3 Å². The van der Waals surface area contributed by atoms with Gasteiger partial charge in [-0.25, -0.2) is 0 Å². The number of nitrogens with zero attached hydrogens (tertiary/aromatic N) is 1. The van der Waals surface area contributed by atoms with E-state index in [0.717, 1.165) is 0 Å². The fourth-order valence-corrected chi connectivity index (χ4v) is 2.41. The maximum Gasteiger partial charge on any atom is 0.272 e. The SMILES string of the molecule is O=c1[nH]/c(=C\c2ccc([N+](=O)[O-])cc2)c(=O)[nH]/c1=C\c1ccc(Cl)cc1. The fourth-order valence-electron chi connectivity index (χ4n) is 2.28. The van der Waals surface area contributed by atoms with Crippen molar-refractivity contribution in [3.8, 4) is 0 Å². The van der Waals surface area contributed by atoms with Crippen molar-refractivity contribution in [2.45, 2.75) is 0 Å². The molecule has 0 atom stereocenters. The summed E-state index contributed by atoms with van der Waals surface area (Å²) in [6, 6.07) is 12.4. The van der Waals surface area contributed by atoms with E-state index in [2.05, 4.69) is 9.97 Å². The third-order valence-corrected chi connectivity index (χ3v) is 3.83. The Kier molecular flexibility index (Phi) is 4.81. The number of rotatable bonds is 3. The molecule has 0 amide bonds. The Labute approximate surface area is 151 Å². The lowest BCUT2D eigenvalue weighted by molar-refractivity contribution is -0.384. The summed E-state index contributed by atoms with van der Waals surface area (Å²) in [6.07, 6.45) is 2.97. The van der Waals surface area contributed by atoms with Gasteiger partial charge in [0.15, 0.2) is 0 Å². The van der Waals surface area contributed by atoms with Crippen LogP contribution in [0.2, 0.25) is 5.02 Å². The maximum atomic E-state index is 12.2. The number of aromatic amines is 2. The van der Waals surface area contributed by atoms with Gasteiger partial charge in [-0.05, 0) is 47.5 Å². The van der Waals surface area contributed by atoms with Crippen LogP contribution in [-0.4, -0.2) is 14.9 Å². The summed E-state index contributed by atoms with van der Waals surface area (Å²) < 4.78 is 0. The predicted octanol–water partition coefficient (Wildman–Crippen LogP) is 1.28. The number of non-ortho nitro benzene ring substituents is 1. The Morgan fingerprint density at radius 3 is 1.65 bits per heavy atom.